The van der Waals surface area contributed by atoms with Gasteiger partial charge in [0.2, 0.25) is 0 Å². The van der Waals surface area contributed by atoms with Gasteiger partial charge >= 0.3 is 0 Å². The van der Waals surface area contributed by atoms with Crippen molar-refractivity contribution in [1.29, 1.82) is 0 Å². The van der Waals surface area contributed by atoms with Gasteiger partial charge in [-0.1, -0.05) is 53.2 Å². The predicted molar refractivity (Wildman–Crippen MR) is 89.7 cm³/mol. The van der Waals surface area contributed by atoms with Gasteiger partial charge in [0, 0.05) is 4.47 Å². The number of aromatic amines is 1. The van der Waals surface area contributed by atoms with Crippen molar-refractivity contribution in [2.45, 2.75) is 19.4 Å². The SMILES string of the molecule is CCC(c1ccccc1)n1c(=S)[nH]c2ccc(Br)cc21. The zero-order valence-electron chi connectivity index (χ0n) is 11.1. The first-order valence-corrected chi connectivity index (χ1v) is 7.85. The van der Waals surface area contributed by atoms with Crippen molar-refractivity contribution in [2.24, 2.45) is 0 Å². The molecule has 0 aliphatic rings. The quantitative estimate of drug-likeness (QED) is 0.624. The molecule has 3 rings (SSSR count). The van der Waals surface area contributed by atoms with Crippen molar-refractivity contribution in [1.82, 2.24) is 9.55 Å². The Balaban J connectivity index is 2.24. The Morgan fingerprint density at radius 3 is 2.65 bits per heavy atom. The second-order valence-electron chi connectivity index (χ2n) is 4.80. The highest BCUT2D eigenvalue weighted by molar-refractivity contribution is 9.10. The summed E-state index contributed by atoms with van der Waals surface area (Å²) < 4.78 is 4.05. The maximum absolute atomic E-state index is 5.53. The van der Waals surface area contributed by atoms with E-state index < -0.39 is 0 Å². The number of rotatable bonds is 3. The number of hydrogen-bond acceptors (Lipinski definition) is 1. The molecule has 1 N–H and O–H groups in total. The first-order chi connectivity index (χ1) is 9.70. The lowest BCUT2D eigenvalue weighted by molar-refractivity contribution is 0.575. The van der Waals surface area contributed by atoms with Crippen LogP contribution in [0.5, 0.6) is 0 Å². The Kier molecular flexibility index (Phi) is 3.76. The molecule has 1 unspecified atom stereocenters. The van der Waals surface area contributed by atoms with Gasteiger partial charge < -0.3 is 9.55 Å². The van der Waals surface area contributed by atoms with Crippen LogP contribution in [0, 0.1) is 4.77 Å². The molecule has 1 aromatic heterocycles. The summed E-state index contributed by atoms with van der Waals surface area (Å²) in [5.41, 5.74) is 3.50. The summed E-state index contributed by atoms with van der Waals surface area (Å²) in [5.74, 6) is 0. The summed E-state index contributed by atoms with van der Waals surface area (Å²) in [7, 11) is 0. The van der Waals surface area contributed by atoms with E-state index in [1.54, 1.807) is 0 Å². The molecule has 20 heavy (non-hydrogen) atoms. The van der Waals surface area contributed by atoms with Gasteiger partial charge in [-0.3, -0.25) is 0 Å². The molecule has 0 saturated carbocycles. The Bertz CT molecular complexity index is 789. The molecule has 1 heterocycles. The van der Waals surface area contributed by atoms with Gasteiger partial charge in [0.15, 0.2) is 4.77 Å². The molecule has 2 aromatic carbocycles. The van der Waals surface area contributed by atoms with E-state index in [0.29, 0.717) is 0 Å². The molecular formula is C16H15BrN2S. The normalized spacial score (nSPS) is 12.7. The molecule has 0 radical (unpaired) electrons. The van der Waals surface area contributed by atoms with Crippen molar-refractivity contribution in [3.05, 3.63) is 63.3 Å². The van der Waals surface area contributed by atoms with Gasteiger partial charge in [0.1, 0.15) is 0 Å². The van der Waals surface area contributed by atoms with Gasteiger partial charge in [-0.05, 0) is 42.4 Å². The average Bonchev–Trinajstić information content (AvgIpc) is 2.77. The van der Waals surface area contributed by atoms with Crippen LogP contribution in [0.3, 0.4) is 0 Å². The lowest BCUT2D eigenvalue weighted by atomic mass is 10.0. The Hall–Kier alpha value is -1.39. The molecule has 0 spiro atoms. The van der Waals surface area contributed by atoms with Crippen molar-refractivity contribution in [3.8, 4) is 0 Å². The monoisotopic (exact) mass is 346 g/mol. The Morgan fingerprint density at radius 2 is 1.95 bits per heavy atom. The lowest BCUT2D eigenvalue weighted by Crippen LogP contribution is -2.09. The predicted octanol–water partition coefficient (Wildman–Crippen LogP) is 5.46. The van der Waals surface area contributed by atoms with Crippen LogP contribution < -0.4 is 0 Å². The number of imidazole rings is 1. The first-order valence-electron chi connectivity index (χ1n) is 6.65. The first kappa shape index (κ1) is 13.6. The topological polar surface area (TPSA) is 20.7 Å². The highest BCUT2D eigenvalue weighted by Crippen LogP contribution is 2.28. The fourth-order valence-electron chi connectivity index (χ4n) is 2.65. The van der Waals surface area contributed by atoms with Crippen LogP contribution in [0.1, 0.15) is 24.9 Å². The summed E-state index contributed by atoms with van der Waals surface area (Å²) in [4.78, 5) is 3.30. The molecule has 2 nitrogen and oxygen atoms in total. The summed E-state index contributed by atoms with van der Waals surface area (Å²) in [5, 5.41) is 0. The molecule has 0 aliphatic carbocycles. The van der Waals surface area contributed by atoms with Crippen molar-refractivity contribution >= 4 is 39.2 Å². The highest BCUT2D eigenvalue weighted by atomic mass is 79.9. The molecule has 0 bridgehead atoms. The number of H-pyrrole nitrogens is 1. The fourth-order valence-corrected chi connectivity index (χ4v) is 3.33. The van der Waals surface area contributed by atoms with Crippen molar-refractivity contribution in [3.63, 3.8) is 0 Å². The second-order valence-corrected chi connectivity index (χ2v) is 6.10. The van der Waals surface area contributed by atoms with E-state index in [2.05, 4.69) is 68.8 Å². The lowest BCUT2D eigenvalue weighted by Gasteiger charge is -2.18. The number of hydrogen-bond donors (Lipinski definition) is 1. The minimum absolute atomic E-state index is 0.256. The molecule has 0 amide bonds. The number of nitrogens with zero attached hydrogens (tertiary/aromatic N) is 1. The van der Waals surface area contributed by atoms with Crippen LogP contribution in [0.15, 0.2) is 53.0 Å². The van der Waals surface area contributed by atoms with Gasteiger partial charge in [-0.2, -0.15) is 0 Å². The summed E-state index contributed by atoms with van der Waals surface area (Å²) in [6, 6.07) is 17.0. The minimum atomic E-state index is 0.256. The molecule has 102 valence electrons. The smallest absolute Gasteiger partial charge is 0.178 e. The van der Waals surface area contributed by atoms with Crippen molar-refractivity contribution in [2.75, 3.05) is 0 Å². The zero-order chi connectivity index (χ0) is 14.1. The van der Waals surface area contributed by atoms with Gasteiger partial charge in [0.25, 0.3) is 0 Å². The van der Waals surface area contributed by atoms with E-state index in [1.807, 2.05) is 12.1 Å². The van der Waals surface area contributed by atoms with Gasteiger partial charge in [-0.15, -0.1) is 0 Å². The maximum atomic E-state index is 5.53. The maximum Gasteiger partial charge on any atom is 0.178 e. The van der Waals surface area contributed by atoms with Crippen LogP contribution in [-0.2, 0) is 0 Å². The molecule has 3 aromatic rings. The highest BCUT2D eigenvalue weighted by Gasteiger charge is 2.15. The van der Waals surface area contributed by atoms with E-state index in [4.69, 9.17) is 12.2 Å². The molecule has 0 fully saturated rings. The summed E-state index contributed by atoms with van der Waals surface area (Å²) >= 11 is 9.07. The standard InChI is InChI=1S/C16H15BrN2S/c1-2-14(11-6-4-3-5-7-11)19-15-10-12(17)8-9-13(15)18-16(19)20/h3-10,14H,2H2,1H3,(H,18,20). The van der Waals surface area contributed by atoms with E-state index in [1.165, 1.54) is 5.56 Å². The summed E-state index contributed by atoms with van der Waals surface area (Å²) in [6.45, 7) is 2.19. The van der Waals surface area contributed by atoms with E-state index in [0.717, 1.165) is 26.7 Å². The van der Waals surface area contributed by atoms with Crippen molar-refractivity contribution < 1.29 is 0 Å². The molecule has 0 aliphatic heterocycles. The Morgan fingerprint density at radius 1 is 1.20 bits per heavy atom. The zero-order valence-corrected chi connectivity index (χ0v) is 13.5. The molecule has 0 saturated heterocycles. The van der Waals surface area contributed by atoms with Gasteiger partial charge in [-0.25, -0.2) is 0 Å². The molecule has 1 atom stereocenters. The number of fused-ring (bicyclic) bond motifs is 1. The van der Waals surface area contributed by atoms with E-state index in [9.17, 15) is 0 Å². The number of benzene rings is 2. The third-order valence-corrected chi connectivity index (χ3v) is 4.35. The van der Waals surface area contributed by atoms with Gasteiger partial charge in [0.05, 0.1) is 17.1 Å². The Labute approximate surface area is 131 Å². The summed E-state index contributed by atoms with van der Waals surface area (Å²) in [6.07, 6.45) is 0.998. The number of aromatic nitrogens is 2. The fraction of sp³-hybridized carbons (Fsp3) is 0.188. The van der Waals surface area contributed by atoms with Crippen LogP contribution in [0.2, 0.25) is 0 Å². The van der Waals surface area contributed by atoms with Crippen LogP contribution in [0.4, 0.5) is 0 Å². The van der Waals surface area contributed by atoms with Crippen LogP contribution in [-0.4, -0.2) is 9.55 Å². The third kappa shape index (κ3) is 2.34. The minimum Gasteiger partial charge on any atom is -0.331 e. The number of nitrogens with one attached hydrogen (secondary N) is 1. The third-order valence-electron chi connectivity index (χ3n) is 3.56. The average molecular weight is 347 g/mol. The van der Waals surface area contributed by atoms with E-state index in [-0.39, 0.29) is 6.04 Å². The van der Waals surface area contributed by atoms with E-state index >= 15 is 0 Å². The second kappa shape index (κ2) is 5.54. The molecular weight excluding hydrogens is 332 g/mol. The van der Waals surface area contributed by atoms with Crippen LogP contribution >= 0.6 is 28.1 Å². The largest absolute Gasteiger partial charge is 0.331 e. The number of halogens is 1. The van der Waals surface area contributed by atoms with Crippen LogP contribution in [0.25, 0.3) is 11.0 Å². The molecule has 4 heteroatoms.